The Morgan fingerprint density at radius 3 is 2.68 bits per heavy atom. The van der Waals surface area contributed by atoms with Crippen LogP contribution in [0.1, 0.15) is 33.6 Å². The maximum Gasteiger partial charge on any atom is 0.321 e. The van der Waals surface area contributed by atoms with E-state index in [2.05, 4.69) is 20.8 Å². The van der Waals surface area contributed by atoms with Gasteiger partial charge in [0, 0.05) is 35.4 Å². The Labute approximate surface area is 187 Å². The van der Waals surface area contributed by atoms with Crippen LogP contribution in [0.5, 0.6) is 0 Å². The number of rotatable bonds is 4. The standard InChI is InChI=1S/C21H19ClFN5O2S/c22-14-4-1-5-17(11-14)25-21(30)28-10-2-3-13(12-28)19-26-27-20(31-19)18(29)24-16-8-6-15(23)7-9-16/h1,4-9,11,13H,2-3,10,12H2,(H,24,29)(H,25,30)/t13-/m0/s1. The molecule has 160 valence electrons. The number of halogens is 2. The third kappa shape index (κ3) is 5.36. The quantitative estimate of drug-likeness (QED) is 0.575. The van der Waals surface area contributed by atoms with Crippen molar-refractivity contribution in [3.63, 3.8) is 0 Å². The lowest BCUT2D eigenvalue weighted by atomic mass is 9.99. The Morgan fingerprint density at radius 1 is 1.10 bits per heavy atom. The summed E-state index contributed by atoms with van der Waals surface area (Å²) in [7, 11) is 0. The Kier molecular flexibility index (Phi) is 6.43. The lowest BCUT2D eigenvalue weighted by Crippen LogP contribution is -2.41. The molecular formula is C21H19ClFN5O2S. The van der Waals surface area contributed by atoms with Gasteiger partial charge in [-0.3, -0.25) is 4.79 Å². The number of benzene rings is 2. The molecule has 0 unspecified atom stereocenters. The summed E-state index contributed by atoms with van der Waals surface area (Å²) < 4.78 is 13.0. The van der Waals surface area contributed by atoms with Crippen molar-refractivity contribution in [1.29, 1.82) is 0 Å². The van der Waals surface area contributed by atoms with E-state index in [1.54, 1.807) is 29.2 Å². The van der Waals surface area contributed by atoms with Gasteiger partial charge in [0.1, 0.15) is 10.8 Å². The van der Waals surface area contributed by atoms with Gasteiger partial charge in [-0.2, -0.15) is 0 Å². The van der Waals surface area contributed by atoms with Gasteiger partial charge in [-0.1, -0.05) is 29.0 Å². The molecule has 3 aromatic rings. The van der Waals surface area contributed by atoms with E-state index in [0.717, 1.165) is 12.8 Å². The van der Waals surface area contributed by atoms with Crippen molar-refractivity contribution in [3.05, 3.63) is 69.4 Å². The fourth-order valence-corrected chi connectivity index (χ4v) is 4.40. The number of carbonyl (C=O) groups excluding carboxylic acids is 2. The van der Waals surface area contributed by atoms with E-state index in [4.69, 9.17) is 11.6 Å². The minimum Gasteiger partial charge on any atom is -0.324 e. The molecule has 1 saturated heterocycles. The molecule has 0 aliphatic carbocycles. The topological polar surface area (TPSA) is 87.2 Å². The number of anilines is 2. The molecular weight excluding hydrogens is 441 g/mol. The number of aromatic nitrogens is 2. The van der Waals surface area contributed by atoms with E-state index < -0.39 is 5.91 Å². The first-order chi connectivity index (χ1) is 15.0. The minimum atomic E-state index is -0.401. The van der Waals surface area contributed by atoms with Crippen LogP contribution in [0.4, 0.5) is 20.6 Å². The predicted molar refractivity (Wildman–Crippen MR) is 118 cm³/mol. The van der Waals surface area contributed by atoms with Crippen LogP contribution in [0.3, 0.4) is 0 Å². The van der Waals surface area contributed by atoms with Gasteiger partial charge in [-0.15, -0.1) is 10.2 Å². The number of likely N-dealkylation sites (tertiary alicyclic amines) is 1. The minimum absolute atomic E-state index is 0.00346. The first-order valence-electron chi connectivity index (χ1n) is 9.70. The third-order valence-electron chi connectivity index (χ3n) is 4.87. The van der Waals surface area contributed by atoms with E-state index >= 15 is 0 Å². The maximum atomic E-state index is 13.0. The Bertz CT molecular complexity index is 1090. The van der Waals surface area contributed by atoms with Crippen LogP contribution >= 0.6 is 22.9 Å². The summed E-state index contributed by atoms with van der Waals surface area (Å²) in [6.07, 6.45) is 1.68. The lowest BCUT2D eigenvalue weighted by molar-refractivity contribution is 0.102. The van der Waals surface area contributed by atoms with Crippen LogP contribution in [0.2, 0.25) is 5.02 Å². The molecule has 3 amide bonds. The third-order valence-corrected chi connectivity index (χ3v) is 6.19. The number of urea groups is 1. The monoisotopic (exact) mass is 459 g/mol. The second-order valence-corrected chi connectivity index (χ2v) is 8.58. The number of piperidine rings is 1. The zero-order chi connectivity index (χ0) is 21.8. The number of amides is 3. The number of hydrogen-bond donors (Lipinski definition) is 2. The number of hydrogen-bond acceptors (Lipinski definition) is 5. The fourth-order valence-electron chi connectivity index (χ4n) is 3.34. The molecule has 0 radical (unpaired) electrons. The normalized spacial score (nSPS) is 16.1. The molecule has 4 rings (SSSR count). The molecule has 1 fully saturated rings. The lowest BCUT2D eigenvalue weighted by Gasteiger charge is -2.31. The second-order valence-electron chi connectivity index (χ2n) is 7.13. The van der Waals surface area contributed by atoms with Crippen molar-refractivity contribution < 1.29 is 14.0 Å². The van der Waals surface area contributed by atoms with Crippen molar-refractivity contribution in [1.82, 2.24) is 15.1 Å². The zero-order valence-corrected chi connectivity index (χ0v) is 17.9. The van der Waals surface area contributed by atoms with Crippen molar-refractivity contribution in [3.8, 4) is 0 Å². The first-order valence-corrected chi connectivity index (χ1v) is 10.9. The van der Waals surface area contributed by atoms with Crippen LogP contribution in [-0.4, -0.2) is 40.1 Å². The van der Waals surface area contributed by atoms with Gasteiger partial charge in [-0.25, -0.2) is 9.18 Å². The molecule has 1 aromatic heterocycles. The number of nitrogens with one attached hydrogen (secondary N) is 2. The van der Waals surface area contributed by atoms with E-state index in [-0.39, 0.29) is 22.8 Å². The van der Waals surface area contributed by atoms with Gasteiger partial charge in [0.15, 0.2) is 0 Å². The molecule has 10 heteroatoms. The summed E-state index contributed by atoms with van der Waals surface area (Å²) in [5, 5.41) is 15.2. The van der Waals surface area contributed by atoms with Crippen LogP contribution in [-0.2, 0) is 0 Å². The van der Waals surface area contributed by atoms with E-state index in [1.807, 2.05) is 0 Å². The van der Waals surface area contributed by atoms with Crippen LogP contribution in [0.25, 0.3) is 0 Å². The van der Waals surface area contributed by atoms with Crippen molar-refractivity contribution >= 4 is 46.3 Å². The van der Waals surface area contributed by atoms with E-state index in [0.29, 0.717) is 34.5 Å². The molecule has 7 nitrogen and oxygen atoms in total. The predicted octanol–water partition coefficient (Wildman–Crippen LogP) is 4.99. The van der Waals surface area contributed by atoms with Crippen molar-refractivity contribution in [2.75, 3.05) is 23.7 Å². The SMILES string of the molecule is O=C(Nc1ccc(F)cc1)c1nnc([C@H]2CCCN(C(=O)Nc3cccc(Cl)c3)C2)s1. The zero-order valence-electron chi connectivity index (χ0n) is 16.3. The Hall–Kier alpha value is -3.04. The molecule has 0 bridgehead atoms. The molecule has 2 N–H and O–H groups in total. The second kappa shape index (κ2) is 9.40. The van der Waals surface area contributed by atoms with Gasteiger partial charge in [0.25, 0.3) is 5.91 Å². The maximum absolute atomic E-state index is 13.0. The first kappa shape index (κ1) is 21.2. The summed E-state index contributed by atoms with van der Waals surface area (Å²) in [6.45, 7) is 1.13. The molecule has 1 atom stereocenters. The van der Waals surface area contributed by atoms with E-state index in [1.165, 1.54) is 35.6 Å². The van der Waals surface area contributed by atoms with Crippen LogP contribution in [0.15, 0.2) is 48.5 Å². The van der Waals surface area contributed by atoms with E-state index in [9.17, 15) is 14.0 Å². The van der Waals surface area contributed by atoms with Crippen LogP contribution < -0.4 is 10.6 Å². The number of carbonyl (C=O) groups is 2. The summed E-state index contributed by atoms with van der Waals surface area (Å²) >= 11 is 7.18. The summed E-state index contributed by atoms with van der Waals surface area (Å²) in [6, 6.07) is 12.3. The molecule has 1 aliphatic heterocycles. The van der Waals surface area contributed by atoms with Gasteiger partial charge in [0.2, 0.25) is 5.01 Å². The summed E-state index contributed by atoms with van der Waals surface area (Å²) in [4.78, 5) is 26.8. The molecule has 1 aliphatic rings. The molecule has 31 heavy (non-hydrogen) atoms. The Morgan fingerprint density at radius 2 is 1.90 bits per heavy atom. The largest absolute Gasteiger partial charge is 0.324 e. The van der Waals surface area contributed by atoms with Gasteiger partial charge >= 0.3 is 6.03 Å². The van der Waals surface area contributed by atoms with Gasteiger partial charge in [0.05, 0.1) is 0 Å². The number of nitrogens with zero attached hydrogens (tertiary/aromatic N) is 3. The fraction of sp³-hybridized carbons (Fsp3) is 0.238. The molecule has 0 saturated carbocycles. The van der Waals surface area contributed by atoms with Gasteiger partial charge < -0.3 is 15.5 Å². The average Bonchev–Trinajstić information content (AvgIpc) is 3.26. The Balaban J connectivity index is 1.38. The molecule has 2 heterocycles. The molecule has 0 spiro atoms. The van der Waals surface area contributed by atoms with Crippen molar-refractivity contribution in [2.24, 2.45) is 0 Å². The highest BCUT2D eigenvalue weighted by molar-refractivity contribution is 7.13. The summed E-state index contributed by atoms with van der Waals surface area (Å²) in [5.74, 6) is -0.775. The highest BCUT2D eigenvalue weighted by Crippen LogP contribution is 2.30. The highest BCUT2D eigenvalue weighted by Gasteiger charge is 2.28. The average molecular weight is 460 g/mol. The van der Waals surface area contributed by atoms with Crippen molar-refractivity contribution in [2.45, 2.75) is 18.8 Å². The highest BCUT2D eigenvalue weighted by atomic mass is 35.5. The van der Waals surface area contributed by atoms with Gasteiger partial charge in [-0.05, 0) is 55.3 Å². The van der Waals surface area contributed by atoms with Crippen LogP contribution in [0, 0.1) is 5.82 Å². The smallest absolute Gasteiger partial charge is 0.321 e. The summed E-state index contributed by atoms with van der Waals surface area (Å²) in [5.41, 5.74) is 1.11. The molecule has 2 aromatic carbocycles.